The van der Waals surface area contributed by atoms with Crippen LogP contribution in [0.15, 0.2) is 54.9 Å². The van der Waals surface area contributed by atoms with Gasteiger partial charge in [0.1, 0.15) is 11.9 Å². The number of hydrogen-bond acceptors (Lipinski definition) is 5. The fraction of sp³-hybridized carbons (Fsp3) is 0.667. The van der Waals surface area contributed by atoms with Crippen LogP contribution in [0.5, 0.6) is 5.75 Å². The number of benzene rings is 1. The molecule has 2 atom stereocenters. The lowest BCUT2D eigenvalue weighted by atomic mass is 10.0. The molecular weight excluding hydrogens is 537 g/mol. The minimum atomic E-state index is -4.31. The first kappa shape index (κ1) is 35.4. The normalized spacial score (nSPS) is 13.6. The minimum Gasteiger partial charge on any atom is -0.404 e. The summed E-state index contributed by atoms with van der Waals surface area (Å²) in [6, 6.07) is 13.0. The van der Waals surface area contributed by atoms with E-state index >= 15 is 0 Å². The smallest absolute Gasteiger partial charge is 0.404 e. The molecular formula is C33H55NO6P+. The Morgan fingerprint density at radius 2 is 1.39 bits per heavy atom. The van der Waals surface area contributed by atoms with Crippen molar-refractivity contribution in [3.63, 3.8) is 0 Å². The molecule has 0 fully saturated rings. The molecule has 0 radical (unpaired) electrons. The molecule has 1 aromatic heterocycles. The molecule has 2 unspecified atom stereocenters. The van der Waals surface area contributed by atoms with E-state index < -0.39 is 13.9 Å². The van der Waals surface area contributed by atoms with E-state index in [1.165, 1.54) is 77.0 Å². The number of aromatic nitrogens is 1. The van der Waals surface area contributed by atoms with Crippen molar-refractivity contribution in [3.8, 4) is 5.75 Å². The van der Waals surface area contributed by atoms with Gasteiger partial charge in [0.2, 0.25) is 0 Å². The molecule has 2 aromatic rings. The van der Waals surface area contributed by atoms with Gasteiger partial charge in [0.25, 0.3) is 0 Å². The van der Waals surface area contributed by atoms with Gasteiger partial charge in [-0.15, -0.1) is 0 Å². The first-order valence-corrected chi connectivity index (χ1v) is 17.4. The summed E-state index contributed by atoms with van der Waals surface area (Å²) in [7, 11) is -4.31. The van der Waals surface area contributed by atoms with Crippen LogP contribution in [0.1, 0.15) is 109 Å². The van der Waals surface area contributed by atoms with Gasteiger partial charge in [-0.1, -0.05) is 109 Å². The molecule has 2 rings (SSSR count). The second kappa shape index (κ2) is 22.8. The van der Waals surface area contributed by atoms with Gasteiger partial charge in [0.15, 0.2) is 18.9 Å². The van der Waals surface area contributed by atoms with Gasteiger partial charge in [-0.2, -0.15) is 0 Å². The highest BCUT2D eigenvalue weighted by atomic mass is 31.2. The fourth-order valence-electron chi connectivity index (χ4n) is 4.78. The number of pyridine rings is 1. The summed E-state index contributed by atoms with van der Waals surface area (Å²) in [4.78, 5) is 10.3. The molecule has 41 heavy (non-hydrogen) atoms. The molecule has 1 N–H and O–H groups in total. The number of hydrogen-bond donors (Lipinski definition) is 1. The summed E-state index contributed by atoms with van der Waals surface area (Å²) in [5, 5.41) is 0. The van der Waals surface area contributed by atoms with Crippen molar-refractivity contribution >= 4 is 7.82 Å². The highest BCUT2D eigenvalue weighted by Crippen LogP contribution is 2.44. The molecule has 0 amide bonds. The van der Waals surface area contributed by atoms with Gasteiger partial charge in [-0.05, 0) is 25.5 Å². The molecule has 8 heteroatoms. The Labute approximate surface area is 249 Å². The van der Waals surface area contributed by atoms with E-state index in [9.17, 15) is 9.46 Å². The minimum absolute atomic E-state index is 0.0834. The van der Waals surface area contributed by atoms with Crippen LogP contribution in [-0.2, 0) is 25.1 Å². The highest BCUT2D eigenvalue weighted by molar-refractivity contribution is 7.47. The number of unbranched alkanes of at least 4 members (excludes halogenated alkanes) is 13. The molecule has 0 aliphatic heterocycles. The summed E-state index contributed by atoms with van der Waals surface area (Å²) in [5.74, 6) is 0.284. The topological polar surface area (TPSA) is 78.1 Å². The van der Waals surface area contributed by atoms with Crippen LogP contribution in [0.2, 0.25) is 0 Å². The maximum absolute atomic E-state index is 12.6. The van der Waals surface area contributed by atoms with Crippen LogP contribution in [0.3, 0.4) is 0 Å². The summed E-state index contributed by atoms with van der Waals surface area (Å²) in [5.41, 5.74) is 0.947. The van der Waals surface area contributed by atoms with E-state index in [1.54, 1.807) is 18.2 Å². The lowest BCUT2D eigenvalue weighted by Gasteiger charge is -2.19. The molecule has 0 bridgehead atoms. The molecule has 0 aliphatic carbocycles. The van der Waals surface area contributed by atoms with E-state index in [1.807, 2.05) is 48.1 Å². The first-order chi connectivity index (χ1) is 20.0. The Morgan fingerprint density at radius 3 is 2.00 bits per heavy atom. The second-order valence-electron chi connectivity index (χ2n) is 10.8. The van der Waals surface area contributed by atoms with E-state index in [0.717, 1.165) is 18.4 Å². The van der Waals surface area contributed by atoms with Gasteiger partial charge in [-0.3, -0.25) is 9.42 Å². The fourth-order valence-corrected chi connectivity index (χ4v) is 5.57. The van der Waals surface area contributed by atoms with Crippen molar-refractivity contribution in [2.24, 2.45) is 0 Å². The first-order valence-electron chi connectivity index (χ1n) is 15.9. The maximum Gasteiger partial charge on any atom is 0.527 e. The molecule has 1 aromatic carbocycles. The largest absolute Gasteiger partial charge is 0.527 e. The van der Waals surface area contributed by atoms with E-state index in [-0.39, 0.29) is 12.4 Å². The number of nitrogens with zero attached hydrogens (tertiary/aromatic N) is 1. The average molecular weight is 593 g/mol. The standard InChI is InChI=1S/C33H54NO6P/c1-3-5-6-7-8-9-10-11-12-13-14-15-16-20-26-37-29-33(38-4-2)30-39-41(35,36)40-32-23-21-22-31(27-32)28-34-24-18-17-19-25-34/h17-19,21-25,27,33H,3-16,20,26,28-30H2,1-2H3/p+1. The zero-order chi connectivity index (χ0) is 29.4. The monoisotopic (exact) mass is 592 g/mol. The van der Waals surface area contributed by atoms with Crippen molar-refractivity contribution < 1.29 is 32.5 Å². The van der Waals surface area contributed by atoms with Gasteiger partial charge < -0.3 is 14.0 Å². The summed E-state index contributed by atoms with van der Waals surface area (Å²) >= 11 is 0. The van der Waals surface area contributed by atoms with Crippen molar-refractivity contribution in [1.29, 1.82) is 0 Å². The summed E-state index contributed by atoms with van der Waals surface area (Å²) in [6.45, 7) is 6.12. The summed E-state index contributed by atoms with van der Waals surface area (Å²) < 4.78 is 36.6. The van der Waals surface area contributed by atoms with Crippen LogP contribution < -0.4 is 9.09 Å². The molecule has 7 nitrogen and oxygen atoms in total. The van der Waals surface area contributed by atoms with Crippen LogP contribution in [0.4, 0.5) is 0 Å². The van der Waals surface area contributed by atoms with Crippen molar-refractivity contribution in [1.82, 2.24) is 0 Å². The lowest BCUT2D eigenvalue weighted by molar-refractivity contribution is -0.688. The Kier molecular flexibility index (Phi) is 19.7. The van der Waals surface area contributed by atoms with Gasteiger partial charge >= 0.3 is 7.82 Å². The molecule has 0 saturated carbocycles. The average Bonchev–Trinajstić information content (AvgIpc) is 2.96. The Bertz CT molecular complexity index is 944. The van der Waals surface area contributed by atoms with E-state index in [0.29, 0.717) is 26.4 Å². The predicted octanol–water partition coefficient (Wildman–Crippen LogP) is 8.42. The van der Waals surface area contributed by atoms with Crippen LogP contribution in [0, 0.1) is 0 Å². The van der Waals surface area contributed by atoms with Gasteiger partial charge in [0, 0.05) is 30.9 Å². The van der Waals surface area contributed by atoms with Gasteiger partial charge in [0.05, 0.1) is 13.2 Å². The van der Waals surface area contributed by atoms with E-state index in [2.05, 4.69) is 6.92 Å². The molecule has 1 heterocycles. The van der Waals surface area contributed by atoms with Crippen LogP contribution in [0.25, 0.3) is 0 Å². The summed E-state index contributed by atoms with van der Waals surface area (Å²) in [6.07, 6.45) is 22.0. The third-order valence-electron chi connectivity index (χ3n) is 7.03. The van der Waals surface area contributed by atoms with Crippen molar-refractivity contribution in [2.75, 3.05) is 26.4 Å². The lowest BCUT2D eigenvalue weighted by Crippen LogP contribution is -2.32. The number of phosphoric acid groups is 1. The van der Waals surface area contributed by atoms with E-state index in [4.69, 9.17) is 18.5 Å². The number of ether oxygens (including phenoxy) is 2. The molecule has 0 spiro atoms. The Morgan fingerprint density at radius 1 is 0.780 bits per heavy atom. The SMILES string of the molecule is CCCCCCCCCCCCCCCCOCC(COP(=O)(O)Oc1cccc(C[n+]2ccccc2)c1)OCC. The predicted molar refractivity (Wildman–Crippen MR) is 165 cm³/mol. The third kappa shape index (κ3) is 18.4. The van der Waals surface area contributed by atoms with Crippen molar-refractivity contribution in [3.05, 3.63) is 60.4 Å². The Hall–Kier alpha value is -1.76. The number of rotatable bonds is 26. The molecule has 232 valence electrons. The zero-order valence-corrected chi connectivity index (χ0v) is 26.5. The third-order valence-corrected chi connectivity index (χ3v) is 7.95. The zero-order valence-electron chi connectivity index (χ0n) is 25.6. The number of phosphoric ester groups is 1. The molecule has 0 aliphatic rings. The van der Waals surface area contributed by atoms with Gasteiger partial charge in [-0.25, -0.2) is 9.13 Å². The highest BCUT2D eigenvalue weighted by Gasteiger charge is 2.25. The quantitative estimate of drug-likeness (QED) is 0.0671. The van der Waals surface area contributed by atoms with Crippen molar-refractivity contribution in [2.45, 2.75) is 116 Å². The maximum atomic E-state index is 12.6. The van der Waals surface area contributed by atoms with Crippen LogP contribution in [-0.4, -0.2) is 37.4 Å². The molecule has 0 saturated heterocycles. The second-order valence-corrected chi connectivity index (χ2v) is 12.2. The Balaban J connectivity index is 1.54. The van der Waals surface area contributed by atoms with Crippen LogP contribution >= 0.6 is 7.82 Å².